The first-order valence-corrected chi connectivity index (χ1v) is 5.03. The van der Waals surface area contributed by atoms with Crippen molar-refractivity contribution in [2.45, 2.75) is 38.2 Å². The number of fused-ring (bicyclic) bond motifs is 1. The van der Waals surface area contributed by atoms with Crippen molar-refractivity contribution in [2.24, 2.45) is 0 Å². The van der Waals surface area contributed by atoms with E-state index >= 15 is 0 Å². The van der Waals surface area contributed by atoms with Crippen LogP contribution in [0.2, 0.25) is 0 Å². The standard InChI is InChI=1S/C12H16O/c1-2-7-12(13)8-10-5-3-4-6-11(10)9-12/h3-6,13H,2,7-9H2,1H3. The van der Waals surface area contributed by atoms with Gasteiger partial charge in [0.15, 0.2) is 0 Å². The van der Waals surface area contributed by atoms with Gasteiger partial charge in [0.1, 0.15) is 0 Å². The molecule has 0 heterocycles. The van der Waals surface area contributed by atoms with Gasteiger partial charge in [0.25, 0.3) is 0 Å². The molecule has 0 saturated carbocycles. The smallest absolute Gasteiger partial charge is 0.0728 e. The Morgan fingerprint density at radius 1 is 1.23 bits per heavy atom. The molecule has 0 fully saturated rings. The predicted molar refractivity (Wildman–Crippen MR) is 53.7 cm³/mol. The molecule has 0 aliphatic heterocycles. The lowest BCUT2D eigenvalue weighted by Gasteiger charge is -2.20. The van der Waals surface area contributed by atoms with Crippen LogP contribution in [0.15, 0.2) is 24.3 Å². The van der Waals surface area contributed by atoms with Crippen LogP contribution in [0.5, 0.6) is 0 Å². The van der Waals surface area contributed by atoms with Crippen LogP contribution in [0.4, 0.5) is 0 Å². The number of hydrogen-bond donors (Lipinski definition) is 1. The van der Waals surface area contributed by atoms with E-state index in [0.717, 1.165) is 25.7 Å². The van der Waals surface area contributed by atoms with Crippen molar-refractivity contribution < 1.29 is 5.11 Å². The summed E-state index contributed by atoms with van der Waals surface area (Å²) in [7, 11) is 0. The third-order valence-electron chi connectivity index (χ3n) is 2.87. The van der Waals surface area contributed by atoms with Crippen LogP contribution in [-0.2, 0) is 12.8 Å². The van der Waals surface area contributed by atoms with E-state index in [0.29, 0.717) is 0 Å². The quantitative estimate of drug-likeness (QED) is 0.733. The molecule has 1 aromatic carbocycles. The Bertz CT molecular complexity index is 279. The molecule has 1 heteroatoms. The van der Waals surface area contributed by atoms with Gasteiger partial charge in [-0.1, -0.05) is 37.6 Å². The highest BCUT2D eigenvalue weighted by Gasteiger charge is 2.33. The minimum atomic E-state index is -0.446. The largest absolute Gasteiger partial charge is 0.389 e. The molecule has 1 aromatic rings. The third kappa shape index (κ3) is 1.61. The maximum absolute atomic E-state index is 10.2. The molecule has 1 aliphatic carbocycles. The minimum absolute atomic E-state index is 0.446. The average Bonchev–Trinajstić information content (AvgIpc) is 2.40. The number of benzene rings is 1. The zero-order valence-electron chi connectivity index (χ0n) is 8.09. The van der Waals surface area contributed by atoms with Crippen LogP contribution in [0.3, 0.4) is 0 Å². The van der Waals surface area contributed by atoms with E-state index in [1.54, 1.807) is 0 Å². The molecule has 2 rings (SSSR count). The summed E-state index contributed by atoms with van der Waals surface area (Å²) in [6.45, 7) is 2.13. The van der Waals surface area contributed by atoms with Gasteiger partial charge >= 0.3 is 0 Å². The van der Waals surface area contributed by atoms with Crippen LogP contribution in [-0.4, -0.2) is 10.7 Å². The minimum Gasteiger partial charge on any atom is -0.389 e. The molecule has 1 aliphatic rings. The van der Waals surface area contributed by atoms with Gasteiger partial charge in [0.2, 0.25) is 0 Å². The highest BCUT2D eigenvalue weighted by atomic mass is 16.3. The second-order valence-electron chi connectivity index (χ2n) is 4.10. The van der Waals surface area contributed by atoms with Crippen LogP contribution >= 0.6 is 0 Å². The normalized spacial score (nSPS) is 18.6. The molecule has 0 amide bonds. The summed E-state index contributed by atoms with van der Waals surface area (Å²) in [6.07, 6.45) is 3.67. The maximum atomic E-state index is 10.2. The molecule has 0 atom stereocenters. The zero-order chi connectivity index (χ0) is 9.31. The molecular formula is C12H16O. The highest BCUT2D eigenvalue weighted by Crippen LogP contribution is 2.32. The summed E-state index contributed by atoms with van der Waals surface area (Å²) in [5, 5.41) is 10.2. The van der Waals surface area contributed by atoms with E-state index < -0.39 is 5.60 Å². The van der Waals surface area contributed by atoms with E-state index in [1.165, 1.54) is 11.1 Å². The van der Waals surface area contributed by atoms with Crippen molar-refractivity contribution in [1.29, 1.82) is 0 Å². The fraction of sp³-hybridized carbons (Fsp3) is 0.500. The lowest BCUT2D eigenvalue weighted by molar-refractivity contribution is 0.0417. The second-order valence-corrected chi connectivity index (χ2v) is 4.10. The summed E-state index contributed by atoms with van der Waals surface area (Å²) in [5.41, 5.74) is 2.22. The fourth-order valence-corrected chi connectivity index (χ4v) is 2.32. The van der Waals surface area contributed by atoms with Crippen molar-refractivity contribution >= 4 is 0 Å². The molecular weight excluding hydrogens is 160 g/mol. The van der Waals surface area contributed by atoms with Gasteiger partial charge in [0, 0.05) is 12.8 Å². The average molecular weight is 176 g/mol. The van der Waals surface area contributed by atoms with E-state index in [-0.39, 0.29) is 0 Å². The maximum Gasteiger partial charge on any atom is 0.0728 e. The Balaban J connectivity index is 2.21. The second kappa shape index (κ2) is 3.15. The Kier molecular flexibility index (Phi) is 2.12. The molecule has 0 unspecified atom stereocenters. The fourth-order valence-electron chi connectivity index (χ4n) is 2.32. The van der Waals surface area contributed by atoms with Crippen molar-refractivity contribution in [1.82, 2.24) is 0 Å². The molecule has 70 valence electrons. The Morgan fingerprint density at radius 2 is 1.77 bits per heavy atom. The molecule has 1 N–H and O–H groups in total. The van der Waals surface area contributed by atoms with Gasteiger partial charge in [-0.15, -0.1) is 0 Å². The first-order chi connectivity index (χ1) is 6.23. The van der Waals surface area contributed by atoms with Crippen LogP contribution < -0.4 is 0 Å². The van der Waals surface area contributed by atoms with Crippen LogP contribution in [0.25, 0.3) is 0 Å². The summed E-state index contributed by atoms with van der Waals surface area (Å²) in [4.78, 5) is 0. The summed E-state index contributed by atoms with van der Waals surface area (Å²) >= 11 is 0. The third-order valence-corrected chi connectivity index (χ3v) is 2.87. The number of hydrogen-bond acceptors (Lipinski definition) is 1. The van der Waals surface area contributed by atoms with Gasteiger partial charge in [-0.2, -0.15) is 0 Å². The summed E-state index contributed by atoms with van der Waals surface area (Å²) in [5.74, 6) is 0. The van der Waals surface area contributed by atoms with Gasteiger partial charge in [0.05, 0.1) is 5.60 Å². The predicted octanol–water partition coefficient (Wildman–Crippen LogP) is 2.32. The summed E-state index contributed by atoms with van der Waals surface area (Å²) in [6, 6.07) is 8.36. The highest BCUT2D eigenvalue weighted by molar-refractivity contribution is 5.34. The van der Waals surface area contributed by atoms with Crippen molar-refractivity contribution in [3.63, 3.8) is 0 Å². The van der Waals surface area contributed by atoms with Crippen molar-refractivity contribution in [3.8, 4) is 0 Å². The SMILES string of the molecule is CCCC1(O)Cc2ccccc2C1. The van der Waals surface area contributed by atoms with Gasteiger partial charge < -0.3 is 5.11 Å². The molecule has 0 spiro atoms. The molecule has 0 radical (unpaired) electrons. The molecule has 13 heavy (non-hydrogen) atoms. The lowest BCUT2D eigenvalue weighted by Crippen LogP contribution is -2.28. The zero-order valence-corrected chi connectivity index (χ0v) is 8.09. The Labute approximate surface area is 79.4 Å². The first-order valence-electron chi connectivity index (χ1n) is 5.03. The van der Waals surface area contributed by atoms with Crippen LogP contribution in [0, 0.1) is 0 Å². The van der Waals surface area contributed by atoms with E-state index in [1.807, 2.05) is 0 Å². The topological polar surface area (TPSA) is 20.2 Å². The van der Waals surface area contributed by atoms with Crippen molar-refractivity contribution in [3.05, 3.63) is 35.4 Å². The Hall–Kier alpha value is -0.820. The number of aliphatic hydroxyl groups is 1. The summed E-state index contributed by atoms with van der Waals surface area (Å²) < 4.78 is 0. The van der Waals surface area contributed by atoms with E-state index in [2.05, 4.69) is 31.2 Å². The molecule has 1 nitrogen and oxygen atoms in total. The first kappa shape index (κ1) is 8.76. The van der Waals surface area contributed by atoms with Gasteiger partial charge in [-0.3, -0.25) is 0 Å². The number of rotatable bonds is 2. The molecule has 0 bridgehead atoms. The van der Waals surface area contributed by atoms with Gasteiger partial charge in [-0.05, 0) is 17.5 Å². The monoisotopic (exact) mass is 176 g/mol. The molecule has 0 aromatic heterocycles. The van der Waals surface area contributed by atoms with E-state index in [4.69, 9.17) is 0 Å². The van der Waals surface area contributed by atoms with Crippen molar-refractivity contribution in [2.75, 3.05) is 0 Å². The van der Waals surface area contributed by atoms with Crippen LogP contribution in [0.1, 0.15) is 30.9 Å². The Morgan fingerprint density at radius 3 is 2.23 bits per heavy atom. The lowest BCUT2D eigenvalue weighted by atomic mass is 9.95. The van der Waals surface area contributed by atoms with Gasteiger partial charge in [-0.25, -0.2) is 0 Å². The molecule has 0 saturated heterocycles. The van der Waals surface area contributed by atoms with E-state index in [9.17, 15) is 5.11 Å².